The molecule has 0 saturated carbocycles. The lowest BCUT2D eigenvalue weighted by Crippen LogP contribution is -2.21. The Hall–Kier alpha value is -0.790. The summed E-state index contributed by atoms with van der Waals surface area (Å²) in [6, 6.07) is 5.45. The molecule has 0 spiro atoms. The molecule has 0 aliphatic carbocycles. The molecule has 0 saturated heterocycles. The van der Waals surface area contributed by atoms with Crippen LogP contribution in [0.4, 0.5) is 13.2 Å². The van der Waals surface area contributed by atoms with Gasteiger partial charge in [-0.1, -0.05) is 28.9 Å². The smallest absolute Gasteiger partial charge is 0.411 e. The van der Waals surface area contributed by atoms with Crippen LogP contribution in [0.2, 0.25) is 0 Å². The molecule has 7 heteroatoms. The minimum absolute atomic E-state index is 0.0331. The van der Waals surface area contributed by atoms with Crippen molar-refractivity contribution in [1.29, 1.82) is 0 Å². The van der Waals surface area contributed by atoms with Crippen LogP contribution in [-0.2, 0) is 4.74 Å². The van der Waals surface area contributed by atoms with E-state index in [9.17, 15) is 13.2 Å². The van der Waals surface area contributed by atoms with Crippen molar-refractivity contribution in [3.8, 4) is 5.75 Å². The normalized spacial score (nSPS) is 13.3. The molecule has 0 heterocycles. The number of ether oxygens (including phenoxy) is 2. The van der Waals surface area contributed by atoms with Gasteiger partial charge in [0.1, 0.15) is 12.4 Å². The summed E-state index contributed by atoms with van der Waals surface area (Å²) in [5.41, 5.74) is 0.866. The van der Waals surface area contributed by atoms with Crippen LogP contribution in [0, 0.1) is 0 Å². The monoisotopic (exact) mass is 355 g/mol. The standard InChI is InChI=1S/C13H17BrF3NO2/c1-3-18-9(2)11-5-4-10(14)6-12(11)20-8-19-7-13(15,16)17/h4-6,9,18H,3,7-8H2,1-2H3. The summed E-state index contributed by atoms with van der Waals surface area (Å²) >= 11 is 3.30. The summed E-state index contributed by atoms with van der Waals surface area (Å²) in [6.45, 7) is 2.95. The largest absolute Gasteiger partial charge is 0.467 e. The first-order chi connectivity index (χ1) is 9.33. The highest BCUT2D eigenvalue weighted by molar-refractivity contribution is 9.10. The van der Waals surface area contributed by atoms with Crippen molar-refractivity contribution in [2.45, 2.75) is 26.1 Å². The predicted molar refractivity (Wildman–Crippen MR) is 73.7 cm³/mol. The first-order valence-corrected chi connectivity index (χ1v) is 6.93. The maximum absolute atomic E-state index is 12.0. The molecule has 0 radical (unpaired) electrons. The Balaban J connectivity index is 2.65. The van der Waals surface area contributed by atoms with Crippen molar-refractivity contribution in [1.82, 2.24) is 5.32 Å². The predicted octanol–water partition coefficient (Wildman–Crippen LogP) is 4.03. The van der Waals surface area contributed by atoms with Gasteiger partial charge in [-0.2, -0.15) is 13.2 Å². The molecular weight excluding hydrogens is 339 g/mol. The van der Waals surface area contributed by atoms with E-state index in [0.29, 0.717) is 5.75 Å². The van der Waals surface area contributed by atoms with E-state index in [1.165, 1.54) is 0 Å². The fourth-order valence-electron chi connectivity index (χ4n) is 1.67. The van der Waals surface area contributed by atoms with Gasteiger partial charge in [0.05, 0.1) is 0 Å². The van der Waals surface area contributed by atoms with Gasteiger partial charge in [-0.05, 0) is 25.6 Å². The molecule has 1 unspecified atom stereocenters. The van der Waals surface area contributed by atoms with Gasteiger partial charge in [0, 0.05) is 16.1 Å². The summed E-state index contributed by atoms with van der Waals surface area (Å²) < 4.78 is 46.4. The van der Waals surface area contributed by atoms with Crippen LogP contribution in [0.15, 0.2) is 22.7 Å². The van der Waals surface area contributed by atoms with E-state index in [1.54, 1.807) is 6.07 Å². The van der Waals surface area contributed by atoms with Gasteiger partial charge < -0.3 is 14.8 Å². The van der Waals surface area contributed by atoms with Crippen LogP contribution in [-0.4, -0.2) is 26.1 Å². The quantitative estimate of drug-likeness (QED) is 0.591. The number of hydrogen-bond acceptors (Lipinski definition) is 3. The van der Waals surface area contributed by atoms with Crippen molar-refractivity contribution < 1.29 is 22.6 Å². The molecule has 20 heavy (non-hydrogen) atoms. The van der Waals surface area contributed by atoms with E-state index in [4.69, 9.17) is 4.74 Å². The number of hydrogen-bond donors (Lipinski definition) is 1. The van der Waals surface area contributed by atoms with Crippen LogP contribution in [0.1, 0.15) is 25.5 Å². The Morgan fingerprint density at radius 1 is 1.35 bits per heavy atom. The van der Waals surface area contributed by atoms with Gasteiger partial charge in [0.15, 0.2) is 6.79 Å². The third-order valence-corrected chi connectivity index (χ3v) is 3.01. The van der Waals surface area contributed by atoms with Crippen LogP contribution in [0.25, 0.3) is 0 Å². The third kappa shape index (κ3) is 6.11. The Labute approximate surface area is 124 Å². The minimum Gasteiger partial charge on any atom is -0.467 e. The second-order valence-corrected chi connectivity index (χ2v) is 5.10. The number of halogens is 4. The molecular formula is C13H17BrF3NO2. The summed E-state index contributed by atoms with van der Waals surface area (Å²) in [4.78, 5) is 0. The topological polar surface area (TPSA) is 30.5 Å². The van der Waals surface area contributed by atoms with Crippen molar-refractivity contribution in [2.24, 2.45) is 0 Å². The molecule has 114 valence electrons. The average molecular weight is 356 g/mol. The lowest BCUT2D eigenvalue weighted by atomic mass is 10.1. The Kier molecular flexibility index (Phi) is 6.78. The lowest BCUT2D eigenvalue weighted by molar-refractivity contribution is -0.186. The highest BCUT2D eigenvalue weighted by Gasteiger charge is 2.27. The maximum atomic E-state index is 12.0. The first-order valence-electron chi connectivity index (χ1n) is 6.13. The van der Waals surface area contributed by atoms with Gasteiger partial charge in [-0.25, -0.2) is 0 Å². The third-order valence-electron chi connectivity index (χ3n) is 2.52. The zero-order chi connectivity index (χ0) is 15.2. The van der Waals surface area contributed by atoms with Crippen molar-refractivity contribution >= 4 is 15.9 Å². The van der Waals surface area contributed by atoms with Crippen molar-refractivity contribution in [3.63, 3.8) is 0 Å². The second-order valence-electron chi connectivity index (χ2n) is 4.19. The van der Waals surface area contributed by atoms with Gasteiger partial charge >= 0.3 is 6.18 Å². The van der Waals surface area contributed by atoms with Crippen LogP contribution < -0.4 is 10.1 Å². The SMILES string of the molecule is CCNC(C)c1ccc(Br)cc1OCOCC(F)(F)F. The molecule has 0 amide bonds. The number of nitrogens with one attached hydrogen (secondary N) is 1. The van der Waals surface area contributed by atoms with Crippen LogP contribution >= 0.6 is 15.9 Å². The number of alkyl halides is 3. The highest BCUT2D eigenvalue weighted by Crippen LogP contribution is 2.28. The zero-order valence-corrected chi connectivity index (χ0v) is 12.8. The van der Waals surface area contributed by atoms with E-state index in [-0.39, 0.29) is 6.04 Å². The van der Waals surface area contributed by atoms with Crippen molar-refractivity contribution in [2.75, 3.05) is 19.9 Å². The molecule has 0 fully saturated rings. The molecule has 1 rings (SSSR count). The Morgan fingerprint density at radius 2 is 2.05 bits per heavy atom. The Bertz CT molecular complexity index is 427. The molecule has 1 aromatic carbocycles. The fourth-order valence-corrected chi connectivity index (χ4v) is 2.01. The fraction of sp³-hybridized carbons (Fsp3) is 0.538. The summed E-state index contributed by atoms with van der Waals surface area (Å²) in [6.07, 6.45) is -4.35. The molecule has 0 aliphatic heterocycles. The van der Waals surface area contributed by atoms with Gasteiger partial charge in [-0.3, -0.25) is 0 Å². The van der Waals surface area contributed by atoms with Gasteiger partial charge in [-0.15, -0.1) is 0 Å². The highest BCUT2D eigenvalue weighted by atomic mass is 79.9. The van der Waals surface area contributed by atoms with E-state index < -0.39 is 19.6 Å². The molecule has 1 atom stereocenters. The van der Waals surface area contributed by atoms with Crippen LogP contribution in [0.5, 0.6) is 5.75 Å². The maximum Gasteiger partial charge on any atom is 0.411 e. The molecule has 0 bridgehead atoms. The minimum atomic E-state index is -4.35. The second kappa shape index (κ2) is 7.85. The average Bonchev–Trinajstić information content (AvgIpc) is 2.34. The van der Waals surface area contributed by atoms with E-state index >= 15 is 0 Å². The Morgan fingerprint density at radius 3 is 2.65 bits per heavy atom. The summed E-state index contributed by atoms with van der Waals surface area (Å²) in [7, 11) is 0. The van der Waals surface area contributed by atoms with Gasteiger partial charge in [0.2, 0.25) is 0 Å². The zero-order valence-electron chi connectivity index (χ0n) is 11.3. The van der Waals surface area contributed by atoms with E-state index in [2.05, 4.69) is 26.0 Å². The van der Waals surface area contributed by atoms with Gasteiger partial charge in [0.25, 0.3) is 0 Å². The summed E-state index contributed by atoms with van der Waals surface area (Å²) in [5.74, 6) is 0.495. The number of benzene rings is 1. The van der Waals surface area contributed by atoms with Crippen molar-refractivity contribution in [3.05, 3.63) is 28.2 Å². The molecule has 0 aromatic heterocycles. The summed E-state index contributed by atoms with van der Waals surface area (Å²) in [5, 5.41) is 3.22. The van der Waals surface area contributed by atoms with Crippen LogP contribution in [0.3, 0.4) is 0 Å². The van der Waals surface area contributed by atoms with E-state index in [0.717, 1.165) is 16.6 Å². The number of rotatable bonds is 7. The molecule has 3 nitrogen and oxygen atoms in total. The molecule has 1 N–H and O–H groups in total. The lowest BCUT2D eigenvalue weighted by Gasteiger charge is -2.18. The molecule has 0 aliphatic rings. The van der Waals surface area contributed by atoms with E-state index in [1.807, 2.05) is 26.0 Å². The first kappa shape index (κ1) is 17.3. The molecule has 1 aromatic rings.